The Bertz CT molecular complexity index is 1450. The number of carbonyl (C=O) groups is 2. The number of likely N-dealkylation sites (tertiary alicyclic amines) is 1. The normalized spacial score (nSPS) is 23.5. The number of benzene rings is 2. The van der Waals surface area contributed by atoms with Crippen molar-refractivity contribution in [3.8, 4) is 5.75 Å². The number of hydrogen-bond donors (Lipinski definition) is 1. The Kier molecular flexibility index (Phi) is 12.0. The van der Waals surface area contributed by atoms with Gasteiger partial charge >= 0.3 is 0 Å². The zero-order valence-corrected chi connectivity index (χ0v) is 30.9. The molecule has 1 heterocycles. The summed E-state index contributed by atoms with van der Waals surface area (Å²) in [6.07, 6.45) is 16.1. The van der Waals surface area contributed by atoms with Crippen LogP contribution in [0, 0.1) is 17.8 Å². The van der Waals surface area contributed by atoms with Gasteiger partial charge in [-0.2, -0.15) is 11.8 Å². The first-order valence-corrected chi connectivity index (χ1v) is 19.4. The average molecular weight is 659 g/mol. The predicted molar refractivity (Wildman–Crippen MR) is 198 cm³/mol. The van der Waals surface area contributed by atoms with Crippen molar-refractivity contribution in [2.45, 2.75) is 116 Å². The summed E-state index contributed by atoms with van der Waals surface area (Å²) in [5.74, 6) is 3.71. The van der Waals surface area contributed by atoms with E-state index in [9.17, 15) is 9.59 Å². The number of nitrogens with one attached hydrogen (secondary N) is 1. The lowest BCUT2D eigenvalue weighted by molar-refractivity contribution is -0.124. The summed E-state index contributed by atoms with van der Waals surface area (Å²) >= 11 is 1.76. The van der Waals surface area contributed by atoms with E-state index in [-0.39, 0.29) is 17.4 Å². The first-order valence-electron chi connectivity index (χ1n) is 18.0. The monoisotopic (exact) mass is 658 g/mol. The minimum Gasteiger partial charge on any atom is -0.494 e. The van der Waals surface area contributed by atoms with Crippen LogP contribution in [0.4, 0.5) is 5.69 Å². The largest absolute Gasteiger partial charge is 0.494 e. The van der Waals surface area contributed by atoms with E-state index >= 15 is 0 Å². The van der Waals surface area contributed by atoms with Crippen LogP contribution in [-0.4, -0.2) is 49.6 Å². The SMILES string of the molecule is COc1c(CSC)cc(C(C)(C)C)cc1NC(=O)C1=Cc2cccc(CCC3CCC(CC(=O)C4CCCN4C)CC3)c2CC(C)C1. The Balaban J connectivity index is 1.25. The number of amides is 1. The maximum Gasteiger partial charge on any atom is 0.251 e. The molecule has 3 aliphatic rings. The molecular formula is C41H58N2O3S. The molecule has 1 amide bonds. The van der Waals surface area contributed by atoms with Crippen LogP contribution in [0.5, 0.6) is 5.75 Å². The number of anilines is 1. The average Bonchev–Trinajstić information content (AvgIpc) is 3.38. The molecule has 0 radical (unpaired) electrons. The zero-order valence-electron chi connectivity index (χ0n) is 30.0. The van der Waals surface area contributed by atoms with Crippen LogP contribution in [0.15, 0.2) is 35.9 Å². The summed E-state index contributed by atoms with van der Waals surface area (Å²) in [6, 6.07) is 11.1. The van der Waals surface area contributed by atoms with Gasteiger partial charge in [-0.3, -0.25) is 14.5 Å². The maximum atomic E-state index is 13.9. The quantitative estimate of drug-likeness (QED) is 0.261. The fourth-order valence-corrected chi connectivity index (χ4v) is 8.74. The number of rotatable bonds is 11. The summed E-state index contributed by atoms with van der Waals surface area (Å²) in [5.41, 5.74) is 7.89. The Labute approximate surface area is 288 Å². The van der Waals surface area contributed by atoms with Crippen molar-refractivity contribution in [2.75, 3.05) is 32.3 Å². The third-order valence-corrected chi connectivity index (χ3v) is 11.6. The molecule has 2 aliphatic carbocycles. The number of likely N-dealkylation sites (N-methyl/N-ethyl adjacent to an activating group) is 1. The van der Waals surface area contributed by atoms with Crippen molar-refractivity contribution in [1.82, 2.24) is 4.90 Å². The highest BCUT2D eigenvalue weighted by molar-refractivity contribution is 7.97. The van der Waals surface area contributed by atoms with Crippen LogP contribution in [0.25, 0.3) is 6.08 Å². The molecule has 1 saturated carbocycles. The summed E-state index contributed by atoms with van der Waals surface area (Å²) in [6.45, 7) is 9.96. The van der Waals surface area contributed by atoms with Gasteiger partial charge in [0.15, 0.2) is 0 Å². The van der Waals surface area contributed by atoms with Crippen molar-refractivity contribution in [3.63, 3.8) is 0 Å². The summed E-state index contributed by atoms with van der Waals surface area (Å²) < 4.78 is 5.86. The molecule has 2 atom stereocenters. The topological polar surface area (TPSA) is 58.6 Å². The number of carbonyl (C=O) groups excluding carboxylic acids is 2. The Morgan fingerprint density at radius 3 is 2.43 bits per heavy atom. The molecule has 0 aromatic heterocycles. The van der Waals surface area contributed by atoms with Gasteiger partial charge in [-0.05, 0) is 129 Å². The van der Waals surface area contributed by atoms with Crippen LogP contribution in [0.2, 0.25) is 0 Å². The minimum atomic E-state index is -0.0466. The molecule has 2 aromatic rings. The van der Waals surface area contributed by atoms with Crippen LogP contribution in [0.1, 0.15) is 113 Å². The second-order valence-electron chi connectivity index (χ2n) is 15.8. The molecule has 2 fully saturated rings. The molecule has 5 nitrogen and oxygen atoms in total. The van der Waals surface area contributed by atoms with E-state index < -0.39 is 0 Å². The van der Waals surface area contributed by atoms with Gasteiger partial charge in [-0.1, -0.05) is 64.8 Å². The molecule has 47 heavy (non-hydrogen) atoms. The van der Waals surface area contributed by atoms with Crippen LogP contribution >= 0.6 is 11.8 Å². The Morgan fingerprint density at radius 2 is 1.77 bits per heavy atom. The van der Waals surface area contributed by atoms with Gasteiger partial charge in [0.2, 0.25) is 0 Å². The highest BCUT2D eigenvalue weighted by Gasteiger charge is 2.31. The van der Waals surface area contributed by atoms with Gasteiger partial charge in [0.25, 0.3) is 5.91 Å². The molecule has 1 N–H and O–H groups in total. The smallest absolute Gasteiger partial charge is 0.251 e. The first kappa shape index (κ1) is 35.7. The van der Waals surface area contributed by atoms with Gasteiger partial charge in [-0.25, -0.2) is 0 Å². The number of fused-ring (bicyclic) bond motifs is 1. The minimum absolute atomic E-state index is 0.0376. The van der Waals surface area contributed by atoms with Crippen molar-refractivity contribution >= 4 is 35.2 Å². The number of Topliss-reactive ketones (excluding diaryl/α,β-unsaturated/α-hetero) is 1. The molecule has 1 aliphatic heterocycles. The fraction of sp³-hybridized carbons (Fsp3) is 0.610. The third kappa shape index (κ3) is 8.92. The predicted octanol–water partition coefficient (Wildman–Crippen LogP) is 9.25. The maximum absolute atomic E-state index is 13.9. The zero-order chi connectivity index (χ0) is 33.7. The van der Waals surface area contributed by atoms with Crippen molar-refractivity contribution in [2.24, 2.45) is 17.8 Å². The molecule has 256 valence electrons. The highest BCUT2D eigenvalue weighted by atomic mass is 32.2. The second kappa shape index (κ2) is 15.8. The number of ether oxygens (including phenoxy) is 1. The lowest BCUT2D eigenvalue weighted by Gasteiger charge is -2.29. The first-order chi connectivity index (χ1) is 22.5. The second-order valence-corrected chi connectivity index (χ2v) is 16.6. The molecule has 2 aromatic carbocycles. The number of nitrogens with zero attached hydrogens (tertiary/aromatic N) is 1. The molecule has 1 saturated heterocycles. The number of aryl methyl sites for hydroxylation is 1. The van der Waals surface area contributed by atoms with E-state index in [0.29, 0.717) is 17.6 Å². The van der Waals surface area contributed by atoms with Crippen molar-refractivity contribution < 1.29 is 14.3 Å². The van der Waals surface area contributed by atoms with Gasteiger partial charge < -0.3 is 10.1 Å². The number of ketones is 1. The van der Waals surface area contributed by atoms with Gasteiger partial charge in [0, 0.05) is 23.3 Å². The summed E-state index contributed by atoms with van der Waals surface area (Å²) in [5, 5.41) is 3.27. The summed E-state index contributed by atoms with van der Waals surface area (Å²) in [7, 11) is 3.80. The molecule has 0 spiro atoms. The molecule has 2 unspecified atom stereocenters. The van der Waals surface area contributed by atoms with Crippen LogP contribution in [-0.2, 0) is 33.6 Å². The third-order valence-electron chi connectivity index (χ3n) is 11.0. The Hall–Kier alpha value is -2.57. The van der Waals surface area contributed by atoms with E-state index in [4.69, 9.17) is 4.74 Å². The van der Waals surface area contributed by atoms with E-state index in [1.165, 1.54) is 54.4 Å². The van der Waals surface area contributed by atoms with Gasteiger partial charge in [-0.15, -0.1) is 0 Å². The lowest BCUT2D eigenvalue weighted by atomic mass is 9.77. The number of hydrogen-bond acceptors (Lipinski definition) is 5. The van der Waals surface area contributed by atoms with Crippen LogP contribution in [0.3, 0.4) is 0 Å². The van der Waals surface area contributed by atoms with Crippen molar-refractivity contribution in [3.05, 3.63) is 63.7 Å². The van der Waals surface area contributed by atoms with E-state index in [1.807, 2.05) is 0 Å². The number of methoxy groups -OCH3 is 1. The highest BCUT2D eigenvalue weighted by Crippen LogP contribution is 2.39. The van der Waals surface area contributed by atoms with E-state index in [2.05, 4.69) is 87.6 Å². The van der Waals surface area contributed by atoms with Crippen LogP contribution < -0.4 is 10.1 Å². The summed E-state index contributed by atoms with van der Waals surface area (Å²) in [4.78, 5) is 29.1. The fourth-order valence-electron chi connectivity index (χ4n) is 8.22. The number of thioether (sulfide) groups is 1. The molecule has 6 heteroatoms. The Morgan fingerprint density at radius 1 is 1.02 bits per heavy atom. The molecule has 5 rings (SSSR count). The van der Waals surface area contributed by atoms with E-state index in [1.54, 1.807) is 18.9 Å². The van der Waals surface area contributed by atoms with E-state index in [0.717, 1.165) is 79.3 Å². The van der Waals surface area contributed by atoms with Gasteiger partial charge in [0.05, 0.1) is 18.8 Å². The van der Waals surface area contributed by atoms with Crippen molar-refractivity contribution in [1.29, 1.82) is 0 Å². The molecular weight excluding hydrogens is 601 g/mol. The standard InChI is InChI=1S/C41H58N2O3S/c1-27-20-32(40(45)42-36-25-34(41(2,3)4)24-33(26-47-7)39(36)46-6)23-31-11-8-10-30(35(31)21-27)18-17-28-13-15-29(16-14-28)22-38(44)37-12-9-19-43(37)5/h8,10-11,23-25,27-29,37H,9,12-22,26H2,1-7H3,(H,42,45). The lowest BCUT2D eigenvalue weighted by Crippen LogP contribution is -2.34. The van der Waals surface area contributed by atoms with Gasteiger partial charge in [0.1, 0.15) is 11.5 Å². The molecule has 0 bridgehead atoms.